The first kappa shape index (κ1) is 15.6. The van der Waals surface area contributed by atoms with Gasteiger partial charge in [-0.1, -0.05) is 23.5 Å². The molecule has 0 amide bonds. The first-order chi connectivity index (χ1) is 11.9. The van der Waals surface area contributed by atoms with E-state index >= 15 is 0 Å². The van der Waals surface area contributed by atoms with Crippen LogP contribution in [0, 0.1) is 0 Å². The van der Waals surface area contributed by atoms with Gasteiger partial charge in [0.2, 0.25) is 4.96 Å². The second kappa shape index (κ2) is 5.55. The third kappa shape index (κ3) is 2.82. The van der Waals surface area contributed by atoms with Crippen LogP contribution in [0.15, 0.2) is 51.9 Å². The number of benzene rings is 1. The molecular weight excluding hydrogens is 355 g/mol. The van der Waals surface area contributed by atoms with Gasteiger partial charge < -0.3 is 4.42 Å². The van der Waals surface area contributed by atoms with Crippen molar-refractivity contribution >= 4 is 22.4 Å². The van der Waals surface area contributed by atoms with E-state index in [-0.39, 0.29) is 11.3 Å². The highest BCUT2D eigenvalue weighted by atomic mass is 32.1. The number of furan rings is 1. The van der Waals surface area contributed by atoms with Crippen molar-refractivity contribution in [3.8, 4) is 11.3 Å². The monoisotopic (exact) mass is 363 g/mol. The summed E-state index contributed by atoms with van der Waals surface area (Å²) in [7, 11) is 0. The lowest BCUT2D eigenvalue weighted by Crippen LogP contribution is -2.23. The lowest BCUT2D eigenvalue weighted by Gasteiger charge is -2.07. The van der Waals surface area contributed by atoms with Crippen LogP contribution in [0.5, 0.6) is 0 Å². The summed E-state index contributed by atoms with van der Waals surface area (Å²) in [6.07, 6.45) is -1.62. The Morgan fingerprint density at radius 1 is 1.20 bits per heavy atom. The van der Waals surface area contributed by atoms with Crippen LogP contribution in [0.2, 0.25) is 0 Å². The van der Waals surface area contributed by atoms with E-state index in [9.17, 15) is 18.0 Å². The summed E-state index contributed by atoms with van der Waals surface area (Å²) in [5, 5.41) is 3.81. The number of aromatic nitrogens is 3. The topological polar surface area (TPSA) is 60.4 Å². The second-order valence-electron chi connectivity index (χ2n) is 5.15. The van der Waals surface area contributed by atoms with Gasteiger partial charge in [-0.25, -0.2) is 4.98 Å². The Balaban J connectivity index is 1.73. The molecule has 0 bridgehead atoms. The zero-order valence-electron chi connectivity index (χ0n) is 12.3. The molecule has 0 fully saturated rings. The van der Waals surface area contributed by atoms with Crippen molar-refractivity contribution in [2.75, 3.05) is 0 Å². The molecule has 0 saturated carbocycles. The molecule has 1 aromatic carbocycles. The maximum absolute atomic E-state index is 12.8. The first-order valence-electron chi connectivity index (χ1n) is 7.03. The quantitative estimate of drug-likeness (QED) is 0.549. The fourth-order valence-electron chi connectivity index (χ4n) is 2.34. The fraction of sp³-hybridized carbons (Fsp3) is 0.0625. The molecule has 0 radical (unpaired) electrons. The van der Waals surface area contributed by atoms with Crippen LogP contribution in [-0.4, -0.2) is 14.6 Å². The van der Waals surface area contributed by atoms with Crippen molar-refractivity contribution < 1.29 is 17.6 Å². The summed E-state index contributed by atoms with van der Waals surface area (Å²) in [4.78, 5) is 16.5. The highest BCUT2D eigenvalue weighted by Gasteiger charge is 2.30. The Hall–Kier alpha value is -2.94. The molecular formula is C16H8F3N3O2S. The molecule has 0 N–H and O–H groups in total. The highest BCUT2D eigenvalue weighted by molar-refractivity contribution is 7.15. The summed E-state index contributed by atoms with van der Waals surface area (Å²) in [5.41, 5.74) is -0.770. The zero-order valence-corrected chi connectivity index (χ0v) is 13.1. The largest absolute Gasteiger partial charge is 0.457 e. The van der Waals surface area contributed by atoms with Gasteiger partial charge in [0.25, 0.3) is 5.56 Å². The Labute approximate surface area is 141 Å². The number of alkyl halides is 3. The molecule has 126 valence electrons. The zero-order chi connectivity index (χ0) is 17.6. The van der Waals surface area contributed by atoms with E-state index in [4.69, 9.17) is 4.42 Å². The minimum atomic E-state index is -4.42. The maximum atomic E-state index is 12.8. The molecule has 0 spiro atoms. The second-order valence-corrected chi connectivity index (χ2v) is 6.16. The van der Waals surface area contributed by atoms with E-state index in [2.05, 4.69) is 10.1 Å². The Kier molecular flexibility index (Phi) is 3.46. The summed E-state index contributed by atoms with van der Waals surface area (Å²) < 4.78 is 45.5. The number of rotatable bonds is 2. The van der Waals surface area contributed by atoms with Gasteiger partial charge in [-0.2, -0.15) is 22.8 Å². The van der Waals surface area contributed by atoms with Crippen molar-refractivity contribution in [2.45, 2.75) is 6.18 Å². The molecule has 0 aliphatic heterocycles. The Bertz CT molecular complexity index is 1170. The summed E-state index contributed by atoms with van der Waals surface area (Å²) in [5.74, 6) is 0.637. The fourth-order valence-corrected chi connectivity index (χ4v) is 3.20. The molecule has 4 rings (SSSR count). The van der Waals surface area contributed by atoms with Crippen molar-refractivity contribution in [2.24, 2.45) is 0 Å². The van der Waals surface area contributed by atoms with Gasteiger partial charge in [-0.3, -0.25) is 4.79 Å². The number of hydrogen-bond acceptors (Lipinski definition) is 5. The third-order valence-electron chi connectivity index (χ3n) is 3.50. The van der Waals surface area contributed by atoms with Crippen molar-refractivity contribution in [1.82, 2.24) is 14.6 Å². The molecule has 0 atom stereocenters. The van der Waals surface area contributed by atoms with Crippen molar-refractivity contribution in [3.63, 3.8) is 0 Å². The average Bonchev–Trinajstić information content (AvgIpc) is 3.27. The lowest BCUT2D eigenvalue weighted by molar-refractivity contribution is -0.137. The summed E-state index contributed by atoms with van der Waals surface area (Å²) >= 11 is 1.15. The summed E-state index contributed by atoms with van der Waals surface area (Å²) in [6.45, 7) is 0. The van der Waals surface area contributed by atoms with E-state index in [1.54, 1.807) is 12.1 Å². The van der Waals surface area contributed by atoms with Crippen LogP contribution >= 0.6 is 11.3 Å². The third-order valence-corrected chi connectivity index (χ3v) is 4.47. The molecule has 5 nitrogen and oxygen atoms in total. The highest BCUT2D eigenvalue weighted by Crippen LogP contribution is 2.32. The first-order valence-corrected chi connectivity index (χ1v) is 7.85. The van der Waals surface area contributed by atoms with Crippen molar-refractivity contribution in [3.05, 3.63) is 68.9 Å². The Morgan fingerprint density at radius 2 is 2.04 bits per heavy atom. The predicted octanol–water partition coefficient (Wildman–Crippen LogP) is 2.98. The molecule has 0 unspecified atom stereocenters. The smallest absolute Gasteiger partial charge is 0.416 e. The van der Waals surface area contributed by atoms with Crippen LogP contribution in [0.4, 0.5) is 13.2 Å². The minimum Gasteiger partial charge on any atom is -0.457 e. The number of thiazole rings is 1. The van der Waals surface area contributed by atoms with Gasteiger partial charge in [0.05, 0.1) is 5.56 Å². The molecule has 3 aromatic heterocycles. The van der Waals surface area contributed by atoms with Gasteiger partial charge >= 0.3 is 6.18 Å². The van der Waals surface area contributed by atoms with Gasteiger partial charge in [0.15, 0.2) is 0 Å². The normalized spacial score (nSPS) is 13.0. The molecule has 0 aliphatic carbocycles. The van der Waals surface area contributed by atoms with Gasteiger partial charge in [-0.05, 0) is 24.3 Å². The molecule has 4 aromatic rings. The number of nitrogens with zero attached hydrogens (tertiary/aromatic N) is 3. The molecule has 25 heavy (non-hydrogen) atoms. The van der Waals surface area contributed by atoms with Gasteiger partial charge in [0.1, 0.15) is 22.4 Å². The van der Waals surface area contributed by atoms with Crippen LogP contribution in [0.25, 0.3) is 22.4 Å². The SMILES string of the molecule is O=c1/c(=C/c2ccc(-c3cccc(C(F)(F)F)c3)o2)sc2ncnn12. The van der Waals surface area contributed by atoms with Crippen molar-refractivity contribution in [1.29, 1.82) is 0 Å². The lowest BCUT2D eigenvalue weighted by atomic mass is 10.1. The maximum Gasteiger partial charge on any atom is 0.416 e. The van der Waals surface area contributed by atoms with E-state index in [1.165, 1.54) is 29.1 Å². The van der Waals surface area contributed by atoms with Gasteiger partial charge in [0, 0.05) is 11.6 Å². The van der Waals surface area contributed by atoms with E-state index in [0.717, 1.165) is 23.5 Å². The van der Waals surface area contributed by atoms with Crippen LogP contribution in [0.3, 0.4) is 0 Å². The van der Waals surface area contributed by atoms with E-state index in [0.29, 0.717) is 20.8 Å². The van der Waals surface area contributed by atoms with Gasteiger partial charge in [-0.15, -0.1) is 0 Å². The number of fused-ring (bicyclic) bond motifs is 1. The average molecular weight is 363 g/mol. The van der Waals surface area contributed by atoms with E-state index < -0.39 is 11.7 Å². The van der Waals surface area contributed by atoms with Crippen LogP contribution < -0.4 is 10.1 Å². The van der Waals surface area contributed by atoms with Crippen LogP contribution in [-0.2, 0) is 6.18 Å². The number of hydrogen-bond donors (Lipinski definition) is 0. The molecule has 0 aliphatic rings. The molecule has 3 heterocycles. The van der Waals surface area contributed by atoms with Crippen LogP contribution in [0.1, 0.15) is 11.3 Å². The number of halogens is 3. The minimum absolute atomic E-state index is 0.282. The molecule has 9 heteroatoms. The summed E-state index contributed by atoms with van der Waals surface area (Å²) in [6, 6.07) is 8.01. The predicted molar refractivity (Wildman–Crippen MR) is 85.1 cm³/mol. The molecule has 0 saturated heterocycles. The van der Waals surface area contributed by atoms with E-state index in [1.807, 2.05) is 0 Å². The Morgan fingerprint density at radius 3 is 2.80 bits per heavy atom. The standard InChI is InChI=1S/C16H8F3N3O2S/c17-16(18,19)10-3-1-2-9(6-10)12-5-4-11(24-12)7-13-14(23)22-15(25-13)20-8-21-22/h1-8H/b13-7-.